The van der Waals surface area contributed by atoms with Crippen molar-refractivity contribution < 1.29 is 19.8 Å². The molecule has 0 amide bonds. The van der Waals surface area contributed by atoms with Crippen molar-refractivity contribution in [1.29, 1.82) is 0 Å². The van der Waals surface area contributed by atoms with Crippen molar-refractivity contribution in [2.75, 3.05) is 0 Å². The van der Waals surface area contributed by atoms with E-state index in [0.717, 1.165) is 16.3 Å². The smallest absolute Gasteiger partial charge is 0.336 e. The molecule has 2 N–H and O–H groups in total. The van der Waals surface area contributed by atoms with Crippen molar-refractivity contribution in [2.45, 2.75) is 19.8 Å². The van der Waals surface area contributed by atoms with Crippen molar-refractivity contribution in [1.82, 2.24) is 0 Å². The van der Waals surface area contributed by atoms with Gasteiger partial charge >= 0.3 is 11.9 Å². The maximum atomic E-state index is 11.5. The fourth-order valence-corrected chi connectivity index (χ4v) is 3.20. The maximum Gasteiger partial charge on any atom is 0.336 e. The molecular formula is C19H16O4. The van der Waals surface area contributed by atoms with Crippen LogP contribution in [-0.2, 0) is 0 Å². The van der Waals surface area contributed by atoms with Crippen LogP contribution in [0.2, 0.25) is 0 Å². The van der Waals surface area contributed by atoms with Crippen LogP contribution in [0.3, 0.4) is 0 Å². The Balaban J connectivity index is 2.61. The molecule has 0 aromatic heterocycles. The van der Waals surface area contributed by atoms with Crippen LogP contribution in [0.15, 0.2) is 42.5 Å². The average molecular weight is 308 g/mol. The summed E-state index contributed by atoms with van der Waals surface area (Å²) in [6.07, 6.45) is 0. The Kier molecular flexibility index (Phi) is 3.52. The first-order valence-corrected chi connectivity index (χ1v) is 7.36. The Morgan fingerprint density at radius 1 is 0.783 bits per heavy atom. The van der Waals surface area contributed by atoms with Gasteiger partial charge in [0.2, 0.25) is 0 Å². The largest absolute Gasteiger partial charge is 0.478 e. The lowest BCUT2D eigenvalue weighted by Crippen LogP contribution is -2.03. The summed E-state index contributed by atoms with van der Waals surface area (Å²) in [6.45, 7) is 4.05. The number of carboxylic acids is 2. The molecule has 0 aliphatic rings. The molecule has 0 spiro atoms. The third-order valence-electron chi connectivity index (χ3n) is 4.12. The Hall–Kier alpha value is -2.88. The van der Waals surface area contributed by atoms with E-state index in [2.05, 4.69) is 0 Å². The van der Waals surface area contributed by atoms with Crippen molar-refractivity contribution in [3.63, 3.8) is 0 Å². The lowest BCUT2D eigenvalue weighted by Gasteiger charge is -2.16. The van der Waals surface area contributed by atoms with Crippen molar-refractivity contribution in [3.05, 3.63) is 59.2 Å². The van der Waals surface area contributed by atoms with Gasteiger partial charge in [-0.1, -0.05) is 38.1 Å². The molecular weight excluding hydrogens is 292 g/mol. The molecule has 0 radical (unpaired) electrons. The van der Waals surface area contributed by atoms with Gasteiger partial charge in [0, 0.05) is 0 Å². The van der Waals surface area contributed by atoms with Gasteiger partial charge in [-0.25, -0.2) is 9.59 Å². The molecule has 0 heterocycles. The molecule has 0 saturated heterocycles. The first-order chi connectivity index (χ1) is 10.9. The summed E-state index contributed by atoms with van der Waals surface area (Å²) in [7, 11) is 0. The molecule has 0 fully saturated rings. The van der Waals surface area contributed by atoms with E-state index in [9.17, 15) is 19.8 Å². The van der Waals surface area contributed by atoms with E-state index >= 15 is 0 Å². The minimum atomic E-state index is -1.02. The fraction of sp³-hybridized carbons (Fsp3) is 0.158. The van der Waals surface area contributed by atoms with Crippen molar-refractivity contribution in [3.8, 4) is 0 Å². The van der Waals surface area contributed by atoms with Gasteiger partial charge in [-0.3, -0.25) is 0 Å². The van der Waals surface area contributed by atoms with Crippen LogP contribution in [-0.4, -0.2) is 22.2 Å². The SMILES string of the molecule is CC(C)c1c2cccc(C(=O)O)c2cc2c(C(=O)O)cccc12. The quantitative estimate of drug-likeness (QED) is 0.698. The molecule has 0 unspecified atom stereocenters. The van der Waals surface area contributed by atoms with Crippen LogP contribution in [0.5, 0.6) is 0 Å². The number of hydrogen-bond acceptors (Lipinski definition) is 2. The predicted octanol–water partition coefficient (Wildman–Crippen LogP) is 4.51. The van der Waals surface area contributed by atoms with Crippen LogP contribution in [0.4, 0.5) is 0 Å². The summed E-state index contributed by atoms with van der Waals surface area (Å²) in [5.74, 6) is -1.90. The molecule has 0 bridgehead atoms. The molecule has 3 rings (SSSR count). The topological polar surface area (TPSA) is 74.6 Å². The van der Waals surface area contributed by atoms with E-state index in [4.69, 9.17) is 0 Å². The molecule has 0 atom stereocenters. The molecule has 0 aliphatic heterocycles. The molecule has 4 nitrogen and oxygen atoms in total. The summed E-state index contributed by atoms with van der Waals surface area (Å²) >= 11 is 0. The predicted molar refractivity (Wildman–Crippen MR) is 89.5 cm³/mol. The molecule has 3 aromatic carbocycles. The monoisotopic (exact) mass is 308 g/mol. The van der Waals surface area contributed by atoms with Gasteiger partial charge in [-0.2, -0.15) is 0 Å². The van der Waals surface area contributed by atoms with Crippen molar-refractivity contribution in [2.24, 2.45) is 0 Å². The summed E-state index contributed by atoms with van der Waals surface area (Å²) in [4.78, 5) is 23.1. The highest BCUT2D eigenvalue weighted by atomic mass is 16.4. The van der Waals surface area contributed by atoms with Gasteiger partial charge in [0.05, 0.1) is 11.1 Å². The van der Waals surface area contributed by atoms with Gasteiger partial charge in [0.25, 0.3) is 0 Å². The average Bonchev–Trinajstić information content (AvgIpc) is 2.50. The zero-order valence-electron chi connectivity index (χ0n) is 12.8. The van der Waals surface area contributed by atoms with Crippen LogP contribution in [0.25, 0.3) is 21.5 Å². The fourth-order valence-electron chi connectivity index (χ4n) is 3.20. The van der Waals surface area contributed by atoms with Crippen LogP contribution < -0.4 is 0 Å². The highest BCUT2D eigenvalue weighted by Crippen LogP contribution is 2.36. The second-order valence-corrected chi connectivity index (χ2v) is 5.86. The number of fused-ring (bicyclic) bond motifs is 2. The van der Waals surface area contributed by atoms with E-state index in [0.29, 0.717) is 10.8 Å². The first kappa shape index (κ1) is 15.0. The maximum absolute atomic E-state index is 11.5. The third kappa shape index (κ3) is 2.32. The molecule has 0 aliphatic carbocycles. The molecule has 3 aromatic rings. The van der Waals surface area contributed by atoms with Crippen molar-refractivity contribution >= 4 is 33.5 Å². The standard InChI is InChI=1S/C19H16O4/c1-10(2)17-11-5-3-7-13(18(20)21)15(11)9-16-12(17)6-4-8-14(16)19(22)23/h3-10H,1-2H3,(H,20,21)(H,22,23). The number of hydrogen-bond donors (Lipinski definition) is 2. The summed E-state index contributed by atoms with van der Waals surface area (Å²) < 4.78 is 0. The minimum absolute atomic E-state index is 0.134. The summed E-state index contributed by atoms with van der Waals surface area (Å²) in [5.41, 5.74) is 1.35. The van der Waals surface area contributed by atoms with Gasteiger partial charge in [-0.15, -0.1) is 0 Å². The Morgan fingerprint density at radius 3 is 1.57 bits per heavy atom. The van der Waals surface area contributed by atoms with Crippen LogP contribution >= 0.6 is 0 Å². The highest BCUT2D eigenvalue weighted by molar-refractivity contribution is 6.14. The Labute approximate surface area is 133 Å². The Morgan fingerprint density at radius 2 is 1.22 bits per heavy atom. The van der Waals surface area contributed by atoms with E-state index < -0.39 is 11.9 Å². The van der Waals surface area contributed by atoms with E-state index in [1.165, 1.54) is 0 Å². The first-order valence-electron chi connectivity index (χ1n) is 7.36. The van der Waals surface area contributed by atoms with Gasteiger partial charge in [0.1, 0.15) is 0 Å². The second kappa shape index (κ2) is 5.39. The zero-order chi connectivity index (χ0) is 16.7. The minimum Gasteiger partial charge on any atom is -0.478 e. The van der Waals surface area contributed by atoms with Crippen LogP contribution in [0, 0.1) is 0 Å². The van der Waals surface area contributed by atoms with Gasteiger partial charge in [0.15, 0.2) is 0 Å². The Bertz CT molecular complexity index is 882. The summed E-state index contributed by atoms with van der Waals surface area (Å²) in [6, 6.07) is 12.0. The number of aromatic carboxylic acids is 2. The van der Waals surface area contributed by atoms with Gasteiger partial charge < -0.3 is 10.2 Å². The normalized spacial score (nSPS) is 11.3. The molecule has 23 heavy (non-hydrogen) atoms. The van der Waals surface area contributed by atoms with Gasteiger partial charge in [-0.05, 0) is 51.2 Å². The highest BCUT2D eigenvalue weighted by Gasteiger charge is 2.18. The number of benzene rings is 3. The van der Waals surface area contributed by atoms with E-state index in [-0.39, 0.29) is 17.0 Å². The molecule has 0 saturated carbocycles. The number of carboxylic acid groups (broad SMARTS) is 2. The van der Waals surface area contributed by atoms with Crippen LogP contribution in [0.1, 0.15) is 46.0 Å². The number of carbonyl (C=O) groups is 2. The lowest BCUT2D eigenvalue weighted by molar-refractivity contribution is 0.0688. The lowest BCUT2D eigenvalue weighted by atomic mass is 9.87. The number of rotatable bonds is 3. The van der Waals surface area contributed by atoms with E-state index in [1.807, 2.05) is 26.0 Å². The van der Waals surface area contributed by atoms with E-state index in [1.54, 1.807) is 30.3 Å². The third-order valence-corrected chi connectivity index (χ3v) is 4.12. The summed E-state index contributed by atoms with van der Waals surface area (Å²) in [5, 5.41) is 21.8. The molecule has 116 valence electrons. The zero-order valence-corrected chi connectivity index (χ0v) is 12.8. The molecule has 4 heteroatoms. The second-order valence-electron chi connectivity index (χ2n) is 5.86.